The van der Waals surface area contributed by atoms with Gasteiger partial charge in [-0.15, -0.1) is 0 Å². The highest BCUT2D eigenvalue weighted by Crippen LogP contribution is 2.25. The number of nitrogens with zero attached hydrogens (tertiary/aromatic N) is 1. The number of halogens is 1. The number of aromatic amines is 1. The number of aryl methyl sites for hydroxylation is 1. The Morgan fingerprint density at radius 1 is 1.40 bits per heavy atom. The maximum Gasteiger partial charge on any atom is 0.254 e. The number of aromatic nitrogens is 2. The van der Waals surface area contributed by atoms with Crippen LogP contribution in [0.15, 0.2) is 23.0 Å². The normalized spacial score (nSPS) is 10.6. The monoisotopic (exact) mass is 276 g/mol. The van der Waals surface area contributed by atoms with E-state index in [1.165, 1.54) is 19.2 Å². The number of hydrogen-bond donors (Lipinski definition) is 1. The second-order valence-corrected chi connectivity index (χ2v) is 4.59. The third-order valence-corrected chi connectivity index (χ3v) is 3.11. The van der Waals surface area contributed by atoms with Gasteiger partial charge in [0.05, 0.1) is 12.8 Å². The van der Waals surface area contributed by atoms with Gasteiger partial charge in [-0.2, -0.15) is 0 Å². The van der Waals surface area contributed by atoms with Crippen molar-refractivity contribution in [3.63, 3.8) is 0 Å². The lowest BCUT2D eigenvalue weighted by atomic mass is 10.1. The Hall–Kier alpha value is -2.17. The fourth-order valence-corrected chi connectivity index (χ4v) is 2.03. The lowest BCUT2D eigenvalue weighted by Gasteiger charge is -2.09. The van der Waals surface area contributed by atoms with Crippen molar-refractivity contribution in [1.82, 2.24) is 9.97 Å². The standard InChI is InChI=1S/C15H17FN2O2/c1-4-5-13-17-14(9(2)15(19)18-13)10-6-7-12(20-3)11(16)8-10/h6-8H,4-5H2,1-3H3,(H,17,18,19). The molecule has 2 rings (SSSR count). The molecule has 0 aliphatic rings. The second-order valence-electron chi connectivity index (χ2n) is 4.59. The number of benzene rings is 1. The first-order valence-electron chi connectivity index (χ1n) is 6.50. The molecule has 106 valence electrons. The van der Waals surface area contributed by atoms with Crippen LogP contribution in [-0.2, 0) is 6.42 Å². The zero-order chi connectivity index (χ0) is 14.7. The molecular weight excluding hydrogens is 259 g/mol. The summed E-state index contributed by atoms with van der Waals surface area (Å²) in [5.41, 5.74) is 1.38. The largest absolute Gasteiger partial charge is 0.494 e. The van der Waals surface area contributed by atoms with Gasteiger partial charge in [-0.05, 0) is 31.5 Å². The van der Waals surface area contributed by atoms with E-state index in [2.05, 4.69) is 9.97 Å². The van der Waals surface area contributed by atoms with Gasteiger partial charge in [0, 0.05) is 17.5 Å². The minimum Gasteiger partial charge on any atom is -0.494 e. The van der Waals surface area contributed by atoms with Crippen molar-refractivity contribution in [2.75, 3.05) is 7.11 Å². The van der Waals surface area contributed by atoms with Crippen LogP contribution in [0.4, 0.5) is 4.39 Å². The van der Waals surface area contributed by atoms with Crippen molar-refractivity contribution >= 4 is 0 Å². The predicted molar refractivity (Wildman–Crippen MR) is 75.5 cm³/mol. The SMILES string of the molecule is CCCc1nc(-c2ccc(OC)c(F)c2)c(C)c(=O)[nH]1. The Bertz CT molecular complexity index is 680. The molecule has 1 heterocycles. The van der Waals surface area contributed by atoms with Crippen molar-refractivity contribution in [3.8, 4) is 17.0 Å². The fourth-order valence-electron chi connectivity index (χ4n) is 2.03. The van der Waals surface area contributed by atoms with Crippen molar-refractivity contribution in [2.24, 2.45) is 0 Å². The summed E-state index contributed by atoms with van der Waals surface area (Å²) >= 11 is 0. The summed E-state index contributed by atoms with van der Waals surface area (Å²) in [5, 5.41) is 0. The summed E-state index contributed by atoms with van der Waals surface area (Å²) in [6, 6.07) is 4.57. The molecule has 0 atom stereocenters. The van der Waals surface area contributed by atoms with Gasteiger partial charge in [-0.1, -0.05) is 6.92 Å². The van der Waals surface area contributed by atoms with Gasteiger partial charge in [0.2, 0.25) is 0 Å². The van der Waals surface area contributed by atoms with E-state index in [-0.39, 0.29) is 11.3 Å². The van der Waals surface area contributed by atoms with Crippen molar-refractivity contribution < 1.29 is 9.13 Å². The zero-order valence-corrected chi connectivity index (χ0v) is 11.8. The molecule has 4 nitrogen and oxygen atoms in total. The number of hydrogen-bond acceptors (Lipinski definition) is 3. The lowest BCUT2D eigenvalue weighted by Crippen LogP contribution is -2.16. The lowest BCUT2D eigenvalue weighted by molar-refractivity contribution is 0.386. The molecule has 0 fully saturated rings. The van der Waals surface area contributed by atoms with Gasteiger partial charge < -0.3 is 9.72 Å². The molecule has 0 radical (unpaired) electrons. The molecule has 0 aliphatic heterocycles. The summed E-state index contributed by atoms with van der Waals surface area (Å²) < 4.78 is 18.7. The first-order valence-corrected chi connectivity index (χ1v) is 6.50. The minimum absolute atomic E-state index is 0.171. The molecule has 0 saturated heterocycles. The maximum absolute atomic E-state index is 13.8. The molecule has 1 N–H and O–H groups in total. The van der Waals surface area contributed by atoms with Crippen LogP contribution in [0.3, 0.4) is 0 Å². The van der Waals surface area contributed by atoms with E-state index in [1.54, 1.807) is 13.0 Å². The average molecular weight is 276 g/mol. The van der Waals surface area contributed by atoms with Gasteiger partial charge in [0.1, 0.15) is 5.82 Å². The van der Waals surface area contributed by atoms with E-state index in [4.69, 9.17) is 4.74 Å². The summed E-state index contributed by atoms with van der Waals surface area (Å²) in [7, 11) is 1.41. The number of methoxy groups -OCH3 is 1. The quantitative estimate of drug-likeness (QED) is 0.934. The van der Waals surface area contributed by atoms with Gasteiger partial charge in [0.25, 0.3) is 5.56 Å². The topological polar surface area (TPSA) is 55.0 Å². The number of rotatable bonds is 4. The summed E-state index contributed by atoms with van der Waals surface area (Å²) in [4.78, 5) is 19.1. The maximum atomic E-state index is 13.8. The third kappa shape index (κ3) is 2.71. The van der Waals surface area contributed by atoms with Crippen LogP contribution in [0.1, 0.15) is 24.7 Å². The number of nitrogens with one attached hydrogen (secondary N) is 1. The molecule has 0 unspecified atom stereocenters. The van der Waals surface area contributed by atoms with E-state index < -0.39 is 5.82 Å². The molecule has 1 aromatic heterocycles. The Kier molecular flexibility index (Phi) is 4.17. The average Bonchev–Trinajstić information content (AvgIpc) is 2.43. The van der Waals surface area contributed by atoms with Crippen LogP contribution in [-0.4, -0.2) is 17.1 Å². The van der Waals surface area contributed by atoms with Gasteiger partial charge in [0.15, 0.2) is 11.6 Å². The third-order valence-electron chi connectivity index (χ3n) is 3.11. The minimum atomic E-state index is -0.469. The first kappa shape index (κ1) is 14.2. The van der Waals surface area contributed by atoms with E-state index in [0.29, 0.717) is 29.1 Å². The molecule has 1 aromatic carbocycles. The van der Waals surface area contributed by atoms with Crippen LogP contribution in [0.5, 0.6) is 5.75 Å². The Morgan fingerprint density at radius 3 is 2.75 bits per heavy atom. The van der Waals surface area contributed by atoms with Crippen LogP contribution >= 0.6 is 0 Å². The molecule has 0 bridgehead atoms. The van der Waals surface area contributed by atoms with Crippen molar-refractivity contribution in [2.45, 2.75) is 26.7 Å². The van der Waals surface area contributed by atoms with Crippen LogP contribution in [0, 0.1) is 12.7 Å². The smallest absolute Gasteiger partial charge is 0.254 e. The molecule has 20 heavy (non-hydrogen) atoms. The summed E-state index contributed by atoms with van der Waals surface area (Å²) in [6.07, 6.45) is 1.56. The van der Waals surface area contributed by atoms with Gasteiger partial charge >= 0.3 is 0 Å². The van der Waals surface area contributed by atoms with E-state index >= 15 is 0 Å². The van der Waals surface area contributed by atoms with Gasteiger partial charge in [-0.3, -0.25) is 4.79 Å². The Balaban J connectivity index is 2.56. The highest BCUT2D eigenvalue weighted by molar-refractivity contribution is 5.63. The van der Waals surface area contributed by atoms with Crippen molar-refractivity contribution in [3.05, 3.63) is 45.8 Å². The highest BCUT2D eigenvalue weighted by Gasteiger charge is 2.12. The Labute approximate surface area is 116 Å². The molecule has 2 aromatic rings. The van der Waals surface area contributed by atoms with E-state index in [0.717, 1.165) is 6.42 Å². The van der Waals surface area contributed by atoms with E-state index in [9.17, 15) is 9.18 Å². The zero-order valence-electron chi connectivity index (χ0n) is 11.8. The van der Waals surface area contributed by atoms with Crippen LogP contribution in [0.25, 0.3) is 11.3 Å². The fraction of sp³-hybridized carbons (Fsp3) is 0.333. The predicted octanol–water partition coefficient (Wildman–Crippen LogP) is 2.85. The van der Waals surface area contributed by atoms with Crippen molar-refractivity contribution in [1.29, 1.82) is 0 Å². The van der Waals surface area contributed by atoms with Crippen LogP contribution in [0.2, 0.25) is 0 Å². The molecule has 0 aliphatic carbocycles. The second kappa shape index (κ2) is 5.86. The van der Waals surface area contributed by atoms with E-state index in [1.807, 2.05) is 6.92 Å². The number of H-pyrrole nitrogens is 1. The van der Waals surface area contributed by atoms with Gasteiger partial charge in [-0.25, -0.2) is 9.37 Å². The van der Waals surface area contributed by atoms with Crippen LogP contribution < -0.4 is 10.3 Å². The highest BCUT2D eigenvalue weighted by atomic mass is 19.1. The molecular formula is C15H17FN2O2. The summed E-state index contributed by atoms with van der Waals surface area (Å²) in [6.45, 7) is 3.69. The molecule has 5 heteroatoms. The Morgan fingerprint density at radius 2 is 2.15 bits per heavy atom. The molecule has 0 saturated carbocycles. The number of ether oxygens (including phenoxy) is 1. The summed E-state index contributed by atoms with van der Waals surface area (Å²) in [5.74, 6) is 0.322. The molecule has 0 amide bonds. The molecule has 0 spiro atoms. The first-order chi connectivity index (χ1) is 9.56.